The van der Waals surface area contributed by atoms with Gasteiger partial charge in [-0.2, -0.15) is 0 Å². The molecule has 1 heterocycles. The molecular formula is C19H18N2S. The molecule has 2 N–H and O–H groups in total. The number of thioether (sulfide) groups is 1. The zero-order valence-corrected chi connectivity index (χ0v) is 13.1. The number of nitrogens with two attached hydrogens (primary N) is 1. The van der Waals surface area contributed by atoms with E-state index in [0.29, 0.717) is 0 Å². The molecule has 0 atom stereocenters. The zero-order chi connectivity index (χ0) is 15.0. The Morgan fingerprint density at radius 1 is 1.00 bits per heavy atom. The number of hydrogen-bond acceptors (Lipinski definition) is 3. The van der Waals surface area contributed by atoms with Gasteiger partial charge in [0.25, 0.3) is 0 Å². The van der Waals surface area contributed by atoms with Crippen LogP contribution in [0.2, 0.25) is 0 Å². The van der Waals surface area contributed by atoms with Crippen LogP contribution in [0.1, 0.15) is 12.8 Å². The van der Waals surface area contributed by atoms with Gasteiger partial charge in [0.15, 0.2) is 0 Å². The van der Waals surface area contributed by atoms with Crippen molar-refractivity contribution in [3.8, 4) is 11.1 Å². The molecule has 0 amide bonds. The summed E-state index contributed by atoms with van der Waals surface area (Å²) >= 11 is 1.79. The van der Waals surface area contributed by atoms with E-state index in [0.717, 1.165) is 29.1 Å². The van der Waals surface area contributed by atoms with Gasteiger partial charge in [-0.05, 0) is 30.5 Å². The Morgan fingerprint density at radius 3 is 2.50 bits per heavy atom. The highest BCUT2D eigenvalue weighted by Crippen LogP contribution is 2.40. The van der Waals surface area contributed by atoms with Crippen LogP contribution in [0.3, 0.4) is 0 Å². The van der Waals surface area contributed by atoms with Crippen LogP contribution in [0.4, 0.5) is 0 Å². The van der Waals surface area contributed by atoms with Gasteiger partial charge in [-0.1, -0.05) is 48.5 Å². The fourth-order valence-corrected chi connectivity index (χ4v) is 3.76. The number of nitrogens with zero attached hydrogens (tertiary/aromatic N) is 1. The second-order valence-corrected chi connectivity index (χ2v) is 7.01. The van der Waals surface area contributed by atoms with Gasteiger partial charge in [0, 0.05) is 22.2 Å². The van der Waals surface area contributed by atoms with Crippen molar-refractivity contribution in [3.63, 3.8) is 0 Å². The van der Waals surface area contributed by atoms with Crippen LogP contribution >= 0.6 is 11.8 Å². The van der Waals surface area contributed by atoms with E-state index >= 15 is 0 Å². The number of aromatic nitrogens is 1. The average molecular weight is 306 g/mol. The molecule has 1 aromatic heterocycles. The molecular weight excluding hydrogens is 288 g/mol. The normalized spacial score (nSPS) is 15.9. The first-order valence-corrected chi connectivity index (χ1v) is 8.59. The Kier molecular flexibility index (Phi) is 3.40. The van der Waals surface area contributed by atoms with Gasteiger partial charge in [-0.15, -0.1) is 11.8 Å². The first-order chi connectivity index (χ1) is 10.7. The number of hydrogen-bond donors (Lipinski definition) is 1. The van der Waals surface area contributed by atoms with E-state index in [4.69, 9.17) is 10.7 Å². The van der Waals surface area contributed by atoms with Crippen molar-refractivity contribution in [1.82, 2.24) is 4.98 Å². The van der Waals surface area contributed by atoms with Crippen LogP contribution in [-0.2, 0) is 0 Å². The first-order valence-electron chi connectivity index (χ1n) is 7.60. The summed E-state index contributed by atoms with van der Waals surface area (Å²) in [6.45, 7) is 0. The van der Waals surface area contributed by atoms with Crippen LogP contribution in [0, 0.1) is 0 Å². The molecule has 3 heteroatoms. The minimum absolute atomic E-state index is 0.0337. The van der Waals surface area contributed by atoms with Crippen molar-refractivity contribution < 1.29 is 0 Å². The lowest BCUT2D eigenvalue weighted by atomic mass is 10.1. The first kappa shape index (κ1) is 13.8. The van der Waals surface area contributed by atoms with Crippen molar-refractivity contribution >= 4 is 22.7 Å². The highest BCUT2D eigenvalue weighted by molar-refractivity contribution is 7.99. The average Bonchev–Trinajstić information content (AvgIpc) is 3.31. The van der Waals surface area contributed by atoms with Crippen LogP contribution in [0.15, 0.2) is 65.7 Å². The molecule has 1 aliphatic carbocycles. The second kappa shape index (κ2) is 5.41. The molecule has 0 saturated heterocycles. The van der Waals surface area contributed by atoms with Gasteiger partial charge in [0.1, 0.15) is 5.03 Å². The smallest absolute Gasteiger partial charge is 0.105 e. The second-order valence-electron chi connectivity index (χ2n) is 6.05. The van der Waals surface area contributed by atoms with E-state index in [1.54, 1.807) is 11.8 Å². The third kappa shape index (κ3) is 2.74. The van der Waals surface area contributed by atoms with Gasteiger partial charge < -0.3 is 5.73 Å². The third-order valence-electron chi connectivity index (χ3n) is 4.16. The predicted octanol–water partition coefficient (Wildman–Crippen LogP) is 4.49. The van der Waals surface area contributed by atoms with Crippen LogP contribution < -0.4 is 5.73 Å². The molecule has 0 spiro atoms. The molecule has 0 bridgehead atoms. The number of benzene rings is 2. The molecule has 0 aliphatic heterocycles. The summed E-state index contributed by atoms with van der Waals surface area (Å²) in [5.41, 5.74) is 9.74. The van der Waals surface area contributed by atoms with Crippen molar-refractivity contribution in [3.05, 3.63) is 60.7 Å². The van der Waals surface area contributed by atoms with Crippen LogP contribution in [0.25, 0.3) is 22.0 Å². The summed E-state index contributed by atoms with van der Waals surface area (Å²) in [7, 11) is 0. The number of pyridine rings is 1. The maximum absolute atomic E-state index is 6.25. The molecule has 1 fully saturated rings. The lowest BCUT2D eigenvalue weighted by Crippen LogP contribution is -2.24. The summed E-state index contributed by atoms with van der Waals surface area (Å²) in [5.74, 6) is 0.943. The van der Waals surface area contributed by atoms with Crippen molar-refractivity contribution in [2.45, 2.75) is 23.4 Å². The van der Waals surface area contributed by atoms with Crippen molar-refractivity contribution in [2.75, 3.05) is 5.75 Å². The van der Waals surface area contributed by atoms with Crippen LogP contribution in [0.5, 0.6) is 0 Å². The van der Waals surface area contributed by atoms with E-state index < -0.39 is 0 Å². The summed E-state index contributed by atoms with van der Waals surface area (Å²) in [5, 5.41) is 2.27. The molecule has 110 valence electrons. The van der Waals surface area contributed by atoms with E-state index in [1.165, 1.54) is 16.5 Å². The largest absolute Gasteiger partial charge is 0.324 e. The highest BCUT2D eigenvalue weighted by atomic mass is 32.2. The fraction of sp³-hybridized carbons (Fsp3) is 0.211. The Hall–Kier alpha value is -1.84. The van der Waals surface area contributed by atoms with E-state index in [2.05, 4.69) is 48.5 Å². The van der Waals surface area contributed by atoms with Gasteiger partial charge in [-0.3, -0.25) is 0 Å². The molecule has 2 nitrogen and oxygen atoms in total. The minimum Gasteiger partial charge on any atom is -0.324 e. The van der Waals surface area contributed by atoms with Crippen molar-refractivity contribution in [1.29, 1.82) is 0 Å². The summed E-state index contributed by atoms with van der Waals surface area (Å²) in [6.07, 6.45) is 2.27. The molecule has 3 aromatic rings. The monoisotopic (exact) mass is 306 g/mol. The fourth-order valence-electron chi connectivity index (χ4n) is 2.55. The summed E-state index contributed by atoms with van der Waals surface area (Å²) in [4.78, 5) is 4.89. The topological polar surface area (TPSA) is 38.9 Å². The Labute approximate surface area is 134 Å². The molecule has 1 saturated carbocycles. The zero-order valence-electron chi connectivity index (χ0n) is 12.3. The summed E-state index contributed by atoms with van der Waals surface area (Å²) < 4.78 is 0. The molecule has 22 heavy (non-hydrogen) atoms. The maximum Gasteiger partial charge on any atom is 0.105 e. The van der Waals surface area contributed by atoms with E-state index in [1.807, 2.05) is 12.1 Å². The van der Waals surface area contributed by atoms with Gasteiger partial charge in [0.2, 0.25) is 0 Å². The SMILES string of the molecule is NC1(CSc2nc3ccccc3cc2-c2ccccc2)CC1. The predicted molar refractivity (Wildman–Crippen MR) is 94.1 cm³/mol. The minimum atomic E-state index is 0.0337. The lowest BCUT2D eigenvalue weighted by molar-refractivity contribution is 0.775. The van der Waals surface area contributed by atoms with Crippen LogP contribution in [-0.4, -0.2) is 16.3 Å². The van der Waals surface area contributed by atoms with Gasteiger partial charge in [0.05, 0.1) is 5.52 Å². The van der Waals surface area contributed by atoms with E-state index in [-0.39, 0.29) is 5.54 Å². The highest BCUT2D eigenvalue weighted by Gasteiger charge is 2.38. The number of fused-ring (bicyclic) bond motifs is 1. The summed E-state index contributed by atoms with van der Waals surface area (Å²) in [6, 6.07) is 21.0. The Balaban J connectivity index is 1.80. The van der Waals surface area contributed by atoms with Gasteiger partial charge in [-0.25, -0.2) is 4.98 Å². The standard InChI is InChI=1S/C19H18N2S/c20-19(10-11-19)13-22-18-16(14-6-2-1-3-7-14)12-15-8-4-5-9-17(15)21-18/h1-9,12H,10-11,13,20H2. The third-order valence-corrected chi connectivity index (χ3v) is 5.47. The Bertz CT molecular complexity index is 810. The molecule has 2 aromatic carbocycles. The van der Waals surface area contributed by atoms with Gasteiger partial charge >= 0.3 is 0 Å². The maximum atomic E-state index is 6.25. The van der Waals surface area contributed by atoms with E-state index in [9.17, 15) is 0 Å². The Morgan fingerprint density at radius 2 is 1.73 bits per heavy atom. The number of para-hydroxylation sites is 1. The number of rotatable bonds is 4. The van der Waals surface area contributed by atoms with Crippen molar-refractivity contribution in [2.24, 2.45) is 5.73 Å². The molecule has 4 rings (SSSR count). The molecule has 1 aliphatic rings. The molecule has 0 radical (unpaired) electrons. The quantitative estimate of drug-likeness (QED) is 0.722. The molecule has 0 unspecified atom stereocenters. The lowest BCUT2D eigenvalue weighted by Gasteiger charge is -2.13.